The average molecular weight is 254 g/mol. The van der Waals surface area contributed by atoms with Gasteiger partial charge in [0.05, 0.1) is 5.69 Å². The molecule has 0 bridgehead atoms. The van der Waals surface area contributed by atoms with Gasteiger partial charge in [0.1, 0.15) is 0 Å². The zero-order valence-corrected chi connectivity index (χ0v) is 9.19. The summed E-state index contributed by atoms with van der Waals surface area (Å²) < 4.78 is 41.4. The SMILES string of the molecule is Fc1ccc(Cc2cccnn2)cc1OC(F)F. The molecule has 3 nitrogen and oxygen atoms in total. The van der Waals surface area contributed by atoms with Crippen LogP contribution in [0.3, 0.4) is 0 Å². The maximum Gasteiger partial charge on any atom is 0.387 e. The summed E-state index contributed by atoms with van der Waals surface area (Å²) in [4.78, 5) is 0. The van der Waals surface area contributed by atoms with Crippen molar-refractivity contribution in [1.29, 1.82) is 0 Å². The van der Waals surface area contributed by atoms with Crippen LogP contribution in [0.2, 0.25) is 0 Å². The van der Waals surface area contributed by atoms with Crippen LogP contribution in [0.15, 0.2) is 36.5 Å². The number of aromatic nitrogens is 2. The Bertz CT molecular complexity index is 520. The molecule has 0 fully saturated rings. The van der Waals surface area contributed by atoms with Crippen LogP contribution in [0.5, 0.6) is 5.75 Å². The Morgan fingerprint density at radius 1 is 1.22 bits per heavy atom. The lowest BCUT2D eigenvalue weighted by Crippen LogP contribution is -2.04. The maximum absolute atomic E-state index is 13.2. The second kappa shape index (κ2) is 5.48. The highest BCUT2D eigenvalue weighted by atomic mass is 19.3. The fourth-order valence-corrected chi connectivity index (χ4v) is 1.48. The normalized spacial score (nSPS) is 10.7. The third-order valence-corrected chi connectivity index (χ3v) is 2.22. The Hall–Kier alpha value is -2.11. The van der Waals surface area contributed by atoms with Crippen molar-refractivity contribution < 1.29 is 17.9 Å². The minimum Gasteiger partial charge on any atom is -0.432 e. The van der Waals surface area contributed by atoms with Gasteiger partial charge in [-0.2, -0.15) is 19.0 Å². The zero-order valence-electron chi connectivity index (χ0n) is 9.19. The third kappa shape index (κ3) is 3.19. The minimum atomic E-state index is -3.05. The van der Waals surface area contributed by atoms with E-state index >= 15 is 0 Å². The molecule has 0 N–H and O–H groups in total. The second-order valence-electron chi connectivity index (χ2n) is 3.54. The molecule has 94 valence electrons. The van der Waals surface area contributed by atoms with E-state index in [0.717, 1.165) is 6.07 Å². The first-order valence-electron chi connectivity index (χ1n) is 5.15. The molecule has 2 aromatic rings. The molecule has 1 aromatic heterocycles. The summed E-state index contributed by atoms with van der Waals surface area (Å²) in [5, 5.41) is 7.55. The minimum absolute atomic E-state index is 0.369. The molecule has 2 rings (SSSR count). The Morgan fingerprint density at radius 3 is 2.72 bits per heavy atom. The quantitative estimate of drug-likeness (QED) is 0.841. The lowest BCUT2D eigenvalue weighted by Gasteiger charge is -2.07. The number of benzene rings is 1. The van der Waals surface area contributed by atoms with Crippen LogP contribution in [0.4, 0.5) is 13.2 Å². The number of hydrogen-bond acceptors (Lipinski definition) is 3. The number of alkyl halides is 2. The summed E-state index contributed by atoms with van der Waals surface area (Å²) in [5.41, 5.74) is 1.28. The molecule has 0 amide bonds. The number of hydrogen-bond donors (Lipinski definition) is 0. The van der Waals surface area contributed by atoms with E-state index in [-0.39, 0.29) is 0 Å². The summed E-state index contributed by atoms with van der Waals surface area (Å²) >= 11 is 0. The van der Waals surface area contributed by atoms with Crippen LogP contribution in [0.25, 0.3) is 0 Å². The molecule has 18 heavy (non-hydrogen) atoms. The van der Waals surface area contributed by atoms with E-state index in [9.17, 15) is 13.2 Å². The third-order valence-electron chi connectivity index (χ3n) is 2.22. The first-order valence-corrected chi connectivity index (χ1v) is 5.15. The van der Waals surface area contributed by atoms with E-state index in [0.29, 0.717) is 17.7 Å². The summed E-state index contributed by atoms with van der Waals surface area (Å²) in [7, 11) is 0. The van der Waals surface area contributed by atoms with Gasteiger partial charge in [-0.25, -0.2) is 4.39 Å². The van der Waals surface area contributed by atoms with Crippen molar-refractivity contribution in [3.63, 3.8) is 0 Å². The molecule has 0 radical (unpaired) electrons. The summed E-state index contributed by atoms with van der Waals surface area (Å²) in [6.07, 6.45) is 1.90. The fraction of sp³-hybridized carbons (Fsp3) is 0.167. The molecule has 0 saturated carbocycles. The Kier molecular flexibility index (Phi) is 3.76. The van der Waals surface area contributed by atoms with Crippen molar-refractivity contribution in [1.82, 2.24) is 10.2 Å². The van der Waals surface area contributed by atoms with Gasteiger partial charge in [0.25, 0.3) is 0 Å². The molecule has 1 aromatic carbocycles. The van der Waals surface area contributed by atoms with E-state index < -0.39 is 18.2 Å². The number of ether oxygens (including phenoxy) is 1. The van der Waals surface area contributed by atoms with Gasteiger partial charge in [0.2, 0.25) is 0 Å². The first kappa shape index (κ1) is 12.3. The van der Waals surface area contributed by atoms with Gasteiger partial charge < -0.3 is 4.74 Å². The van der Waals surface area contributed by atoms with Gasteiger partial charge in [-0.05, 0) is 29.8 Å². The van der Waals surface area contributed by atoms with Gasteiger partial charge in [-0.3, -0.25) is 0 Å². The predicted molar refractivity (Wildman–Crippen MR) is 57.9 cm³/mol. The highest BCUT2D eigenvalue weighted by Gasteiger charge is 2.11. The van der Waals surface area contributed by atoms with E-state index in [1.54, 1.807) is 12.1 Å². The van der Waals surface area contributed by atoms with E-state index in [1.165, 1.54) is 18.3 Å². The highest BCUT2D eigenvalue weighted by Crippen LogP contribution is 2.22. The molecule has 0 aliphatic rings. The van der Waals surface area contributed by atoms with Gasteiger partial charge in [-0.15, -0.1) is 0 Å². The second-order valence-corrected chi connectivity index (χ2v) is 3.54. The number of halogens is 3. The monoisotopic (exact) mass is 254 g/mol. The number of nitrogens with zero attached hydrogens (tertiary/aromatic N) is 2. The molecule has 0 aliphatic heterocycles. The first-order chi connectivity index (χ1) is 8.65. The smallest absolute Gasteiger partial charge is 0.387 e. The lowest BCUT2D eigenvalue weighted by atomic mass is 10.1. The van der Waals surface area contributed by atoms with Crippen LogP contribution < -0.4 is 4.74 Å². The van der Waals surface area contributed by atoms with Gasteiger partial charge in [-0.1, -0.05) is 6.07 Å². The fourth-order valence-electron chi connectivity index (χ4n) is 1.48. The van der Waals surface area contributed by atoms with E-state index in [4.69, 9.17) is 0 Å². The molecular weight excluding hydrogens is 245 g/mol. The molecule has 0 atom stereocenters. The lowest BCUT2D eigenvalue weighted by molar-refractivity contribution is -0.0522. The van der Waals surface area contributed by atoms with Crippen molar-refractivity contribution in [2.75, 3.05) is 0 Å². The van der Waals surface area contributed by atoms with Crippen molar-refractivity contribution in [2.45, 2.75) is 13.0 Å². The molecule has 1 heterocycles. The molecule has 6 heteroatoms. The van der Waals surface area contributed by atoms with E-state index in [2.05, 4.69) is 14.9 Å². The maximum atomic E-state index is 13.2. The Balaban J connectivity index is 2.19. The van der Waals surface area contributed by atoms with Crippen molar-refractivity contribution >= 4 is 0 Å². The molecule has 0 saturated heterocycles. The highest BCUT2D eigenvalue weighted by molar-refractivity contribution is 5.32. The topological polar surface area (TPSA) is 35.0 Å². The van der Waals surface area contributed by atoms with E-state index in [1.807, 2.05) is 0 Å². The Labute approximate surface area is 101 Å². The number of rotatable bonds is 4. The van der Waals surface area contributed by atoms with Crippen molar-refractivity contribution in [3.05, 3.63) is 53.6 Å². The van der Waals surface area contributed by atoms with Crippen LogP contribution in [-0.2, 0) is 6.42 Å². The standard InChI is InChI=1S/C12H9F3N2O/c13-10-4-3-8(7-11(10)18-12(14)15)6-9-2-1-5-16-17-9/h1-5,7,12H,6H2. The summed E-state index contributed by atoms with van der Waals surface area (Å²) in [6.45, 7) is -3.05. The largest absolute Gasteiger partial charge is 0.432 e. The predicted octanol–water partition coefficient (Wildman–Crippen LogP) is 2.81. The molecule has 0 unspecified atom stereocenters. The van der Waals surface area contributed by atoms with Crippen molar-refractivity contribution in [2.24, 2.45) is 0 Å². The summed E-state index contributed by atoms with van der Waals surface area (Å²) in [5.74, 6) is -1.29. The van der Waals surface area contributed by atoms with Crippen LogP contribution in [-0.4, -0.2) is 16.8 Å². The van der Waals surface area contributed by atoms with Gasteiger partial charge >= 0.3 is 6.61 Å². The van der Waals surface area contributed by atoms with Crippen LogP contribution >= 0.6 is 0 Å². The summed E-state index contributed by atoms with van der Waals surface area (Å²) in [6, 6.07) is 7.26. The molecule has 0 spiro atoms. The van der Waals surface area contributed by atoms with Crippen molar-refractivity contribution in [3.8, 4) is 5.75 Å². The Morgan fingerprint density at radius 2 is 2.06 bits per heavy atom. The zero-order chi connectivity index (χ0) is 13.0. The molecule has 0 aliphatic carbocycles. The van der Waals surface area contributed by atoms with Crippen LogP contribution in [0, 0.1) is 5.82 Å². The molecular formula is C12H9F3N2O. The van der Waals surface area contributed by atoms with Crippen LogP contribution in [0.1, 0.15) is 11.3 Å². The van der Waals surface area contributed by atoms with Gasteiger partial charge in [0.15, 0.2) is 11.6 Å². The van der Waals surface area contributed by atoms with Gasteiger partial charge in [0, 0.05) is 12.6 Å². The average Bonchev–Trinajstić information content (AvgIpc) is 2.34.